The lowest BCUT2D eigenvalue weighted by Crippen LogP contribution is -2.02. The second-order valence-electron chi connectivity index (χ2n) is 5.01. The van der Waals surface area contributed by atoms with Gasteiger partial charge in [-0.1, -0.05) is 11.6 Å². The van der Waals surface area contributed by atoms with E-state index in [9.17, 15) is 18.1 Å². The molecule has 0 fully saturated rings. The van der Waals surface area contributed by atoms with E-state index in [1.165, 1.54) is 18.3 Å². The Balaban J connectivity index is 2.08. The lowest BCUT2D eigenvalue weighted by atomic mass is 10.1. The molecule has 124 valence electrons. The van der Waals surface area contributed by atoms with Gasteiger partial charge in [-0.3, -0.25) is 0 Å². The second kappa shape index (κ2) is 6.02. The zero-order chi connectivity index (χ0) is 17.5. The fourth-order valence-electron chi connectivity index (χ4n) is 2.48. The zero-order valence-electron chi connectivity index (χ0n) is 11.9. The van der Waals surface area contributed by atoms with Gasteiger partial charge >= 0.3 is 0 Å². The van der Waals surface area contributed by atoms with Crippen molar-refractivity contribution >= 4 is 21.3 Å². The lowest BCUT2D eigenvalue weighted by Gasteiger charge is -2.12. The van der Waals surface area contributed by atoms with Gasteiger partial charge in [0.2, 0.25) is 6.19 Å². The Kier molecular flexibility index (Phi) is 4.17. The molecule has 24 heavy (non-hydrogen) atoms. The van der Waals surface area contributed by atoms with Crippen LogP contribution in [0.2, 0.25) is 5.02 Å². The van der Waals surface area contributed by atoms with Crippen LogP contribution in [0.4, 0.5) is 8.78 Å². The zero-order valence-corrected chi connectivity index (χ0v) is 13.4. The molecule has 2 aromatic carbocycles. The van der Waals surface area contributed by atoms with Crippen molar-refractivity contribution in [2.24, 2.45) is 4.36 Å². The van der Waals surface area contributed by atoms with E-state index < -0.39 is 27.5 Å². The summed E-state index contributed by atoms with van der Waals surface area (Å²) in [6.45, 7) is 0. The average molecular weight is 371 g/mol. The predicted octanol–water partition coefficient (Wildman–Crippen LogP) is 3.77. The molecule has 1 heterocycles. The smallest absolute Gasteiger partial charge is 0.214 e. The maximum atomic E-state index is 13.2. The van der Waals surface area contributed by atoms with Gasteiger partial charge in [0.1, 0.15) is 23.1 Å². The van der Waals surface area contributed by atoms with Crippen molar-refractivity contribution in [1.29, 1.82) is 5.26 Å². The van der Waals surface area contributed by atoms with Crippen molar-refractivity contribution in [2.45, 2.75) is 11.0 Å². The van der Waals surface area contributed by atoms with Crippen molar-refractivity contribution in [3.8, 4) is 17.7 Å². The van der Waals surface area contributed by atoms with Crippen LogP contribution in [0.15, 0.2) is 39.6 Å². The summed E-state index contributed by atoms with van der Waals surface area (Å²) in [6, 6.07) is 5.34. The van der Waals surface area contributed by atoms with Crippen LogP contribution in [0.3, 0.4) is 0 Å². The molecule has 1 aliphatic heterocycles. The number of rotatable bonds is 2. The van der Waals surface area contributed by atoms with Crippen molar-refractivity contribution in [2.75, 3.05) is 5.75 Å². The van der Waals surface area contributed by atoms with Crippen molar-refractivity contribution < 1.29 is 22.8 Å². The first-order chi connectivity index (χ1) is 11.3. The summed E-state index contributed by atoms with van der Waals surface area (Å²) in [7, 11) is -3.08. The molecule has 3 rings (SSSR count). The van der Waals surface area contributed by atoms with Gasteiger partial charge in [-0.25, -0.2) is 13.0 Å². The number of nitriles is 1. The van der Waals surface area contributed by atoms with Crippen LogP contribution >= 0.6 is 11.6 Å². The molecular formula is C15H9ClF2N2O3S. The summed E-state index contributed by atoms with van der Waals surface area (Å²) in [6.07, 6.45) is 0.289. The monoisotopic (exact) mass is 370 g/mol. The summed E-state index contributed by atoms with van der Waals surface area (Å²) in [4.78, 5) is 0.152. The van der Waals surface area contributed by atoms with E-state index in [0.717, 1.165) is 12.1 Å². The van der Waals surface area contributed by atoms with Crippen molar-refractivity contribution in [3.05, 3.63) is 52.6 Å². The van der Waals surface area contributed by atoms with Gasteiger partial charge in [-0.15, -0.1) is 4.36 Å². The summed E-state index contributed by atoms with van der Waals surface area (Å²) in [5.74, 6) is -1.99. The highest BCUT2D eigenvalue weighted by molar-refractivity contribution is 7.94. The topological polar surface area (TPSA) is 82.7 Å². The molecule has 5 nitrogen and oxygen atoms in total. The molecule has 0 aliphatic carbocycles. The number of fused-ring (bicyclic) bond motifs is 1. The largest absolute Gasteiger partial charge is 0.456 e. The summed E-state index contributed by atoms with van der Waals surface area (Å²) in [5, 5.41) is 18.7. The number of aliphatic hydroxyl groups excluding tert-OH is 1. The number of benzene rings is 2. The van der Waals surface area contributed by atoms with E-state index >= 15 is 0 Å². The summed E-state index contributed by atoms with van der Waals surface area (Å²) in [5.41, 5.74) is 0.134. The van der Waals surface area contributed by atoms with E-state index in [-0.39, 0.29) is 32.7 Å². The molecule has 0 amide bonds. The number of nitrogens with zero attached hydrogens (tertiary/aromatic N) is 2. The normalized spacial score (nSPS) is 21.9. The number of hydrogen-bond acceptors (Lipinski definition) is 5. The molecular weight excluding hydrogens is 362 g/mol. The molecule has 1 aliphatic rings. The molecule has 0 radical (unpaired) electrons. The highest BCUT2D eigenvalue weighted by atomic mass is 35.5. The molecule has 2 aromatic rings. The fourth-order valence-corrected chi connectivity index (χ4v) is 4.80. The van der Waals surface area contributed by atoms with Crippen LogP contribution in [-0.4, -0.2) is 15.1 Å². The highest BCUT2D eigenvalue weighted by Crippen LogP contribution is 2.44. The number of hydrogen-bond donors (Lipinski definition) is 1. The third-order valence-electron chi connectivity index (χ3n) is 3.42. The van der Waals surface area contributed by atoms with Crippen molar-refractivity contribution in [3.63, 3.8) is 0 Å². The predicted molar refractivity (Wildman–Crippen MR) is 82.2 cm³/mol. The number of aliphatic hydroxyl groups is 1. The minimum absolute atomic E-state index is 0.0278. The maximum absolute atomic E-state index is 13.2. The number of halogens is 3. The second-order valence-corrected chi connectivity index (χ2v) is 7.63. The summed E-state index contributed by atoms with van der Waals surface area (Å²) < 4.78 is 47.8. The maximum Gasteiger partial charge on any atom is 0.214 e. The Labute approximate surface area is 141 Å². The fraction of sp³-hybridized carbons (Fsp3) is 0.133. The van der Waals surface area contributed by atoms with Crippen molar-refractivity contribution in [1.82, 2.24) is 0 Å². The molecule has 0 spiro atoms. The van der Waals surface area contributed by atoms with Gasteiger partial charge in [0.05, 0.1) is 31.5 Å². The molecule has 9 heteroatoms. The molecule has 0 bridgehead atoms. The van der Waals surface area contributed by atoms with Crippen LogP contribution in [0.1, 0.15) is 11.7 Å². The average Bonchev–Trinajstić information content (AvgIpc) is 2.73. The minimum atomic E-state index is -3.08. The number of ether oxygens (including phenoxy) is 1. The van der Waals surface area contributed by atoms with Gasteiger partial charge in [0.25, 0.3) is 0 Å². The molecule has 1 unspecified atom stereocenters. The summed E-state index contributed by atoms with van der Waals surface area (Å²) >= 11 is 6.18. The molecule has 0 saturated carbocycles. The molecule has 1 N–H and O–H groups in total. The quantitative estimate of drug-likeness (QED) is 0.816. The Morgan fingerprint density at radius 3 is 2.62 bits per heavy atom. The van der Waals surface area contributed by atoms with Crippen LogP contribution in [0.5, 0.6) is 11.5 Å². The first-order valence-corrected chi connectivity index (χ1v) is 8.67. The van der Waals surface area contributed by atoms with Crippen LogP contribution in [-0.2, 0) is 9.73 Å². The third-order valence-corrected chi connectivity index (χ3v) is 5.99. The van der Waals surface area contributed by atoms with Gasteiger partial charge in [0, 0.05) is 23.8 Å². The minimum Gasteiger partial charge on any atom is -0.456 e. The first kappa shape index (κ1) is 16.6. The first-order valence-electron chi connectivity index (χ1n) is 6.61. The van der Waals surface area contributed by atoms with Crippen LogP contribution < -0.4 is 4.74 Å². The molecule has 0 aromatic heterocycles. The highest BCUT2D eigenvalue weighted by Gasteiger charge is 2.35. The molecule has 0 saturated heterocycles. The van der Waals surface area contributed by atoms with E-state index in [2.05, 4.69) is 4.36 Å². The third kappa shape index (κ3) is 2.82. The van der Waals surface area contributed by atoms with E-state index in [1.54, 1.807) is 0 Å². The Morgan fingerprint density at radius 2 is 2.00 bits per heavy atom. The Bertz CT molecular complexity index is 977. The molecule has 2 atom stereocenters. The van der Waals surface area contributed by atoms with Crippen LogP contribution in [0, 0.1) is 23.1 Å². The Morgan fingerprint density at radius 1 is 1.33 bits per heavy atom. The van der Waals surface area contributed by atoms with Gasteiger partial charge in [-0.05, 0) is 12.1 Å². The van der Waals surface area contributed by atoms with Gasteiger partial charge in [0.15, 0.2) is 0 Å². The Hall–Kier alpha value is -2.21. The van der Waals surface area contributed by atoms with Gasteiger partial charge in [-0.2, -0.15) is 5.26 Å². The SMILES string of the molecule is N#CN=S1(=O)C[C@H](O)c2c1ccc(Oc1cc(F)cc(F)c1)c2Cl. The van der Waals surface area contributed by atoms with Crippen LogP contribution in [0.25, 0.3) is 0 Å². The van der Waals surface area contributed by atoms with E-state index in [1.807, 2.05) is 0 Å². The lowest BCUT2D eigenvalue weighted by molar-refractivity contribution is 0.204. The standard InChI is InChI=1S/C15H9ClF2N2O3S/c16-15-12(23-10-4-8(17)3-9(18)5-10)1-2-13-14(15)11(21)6-24(13,22)20-7-19/h1-5,11,21H,6H2/t11-,24?/m0/s1. The van der Waals surface area contributed by atoms with Gasteiger partial charge < -0.3 is 9.84 Å². The van der Waals surface area contributed by atoms with E-state index in [0.29, 0.717) is 6.07 Å². The van der Waals surface area contributed by atoms with E-state index in [4.69, 9.17) is 21.6 Å².